The van der Waals surface area contributed by atoms with Crippen LogP contribution in [0.2, 0.25) is 0 Å². The van der Waals surface area contributed by atoms with Crippen LogP contribution in [0.1, 0.15) is 37.4 Å². The van der Waals surface area contributed by atoms with Gasteiger partial charge in [-0.15, -0.1) is 0 Å². The lowest BCUT2D eigenvalue weighted by Crippen LogP contribution is -2.41. The van der Waals surface area contributed by atoms with E-state index in [1.54, 1.807) is 17.0 Å². The first-order chi connectivity index (χ1) is 13.0. The number of carbonyl (C=O) groups is 1. The first-order valence-corrected chi connectivity index (χ1v) is 9.23. The molecule has 0 aliphatic carbocycles. The van der Waals surface area contributed by atoms with Crippen molar-refractivity contribution in [1.82, 2.24) is 4.90 Å². The van der Waals surface area contributed by atoms with Crippen molar-refractivity contribution in [3.63, 3.8) is 0 Å². The van der Waals surface area contributed by atoms with Gasteiger partial charge in [-0.05, 0) is 50.2 Å². The second kappa shape index (κ2) is 9.75. The lowest BCUT2D eigenvalue weighted by molar-refractivity contribution is -0.120. The fraction of sp³-hybridized carbons (Fsp3) is 0.364. The van der Waals surface area contributed by atoms with Crippen LogP contribution >= 0.6 is 0 Å². The first-order valence-electron chi connectivity index (χ1n) is 9.23. The number of aryl methyl sites for hydroxylation is 1. The minimum atomic E-state index is -0.0389. The van der Waals surface area contributed by atoms with E-state index in [2.05, 4.69) is 11.0 Å². The van der Waals surface area contributed by atoms with Crippen molar-refractivity contribution in [3.05, 3.63) is 59.7 Å². The molecule has 0 heterocycles. The number of nitriles is 1. The molecule has 0 spiro atoms. The summed E-state index contributed by atoms with van der Waals surface area (Å²) in [5.41, 5.74) is 2.89. The molecule has 5 heteroatoms. The molecule has 1 N–H and O–H groups in total. The van der Waals surface area contributed by atoms with Gasteiger partial charge in [-0.1, -0.05) is 36.8 Å². The summed E-state index contributed by atoms with van der Waals surface area (Å²) in [6.45, 7) is 7.35. The second-order valence-electron chi connectivity index (χ2n) is 6.62. The van der Waals surface area contributed by atoms with Gasteiger partial charge in [-0.3, -0.25) is 9.69 Å². The number of nitrogens with zero attached hydrogens (tertiary/aromatic N) is 3. The van der Waals surface area contributed by atoms with Crippen LogP contribution in [0.3, 0.4) is 0 Å². The van der Waals surface area contributed by atoms with Crippen LogP contribution in [0.5, 0.6) is 5.75 Å². The standard InChI is InChI=1S/C22H27N3O2/c1-4-24(18(3)19-7-5-8-21(26)15-19)16-22(27)25(14-6-13-23)20-11-9-17(2)10-12-20/h5,7-12,15,18,26H,4,6,14,16H2,1-3H3/t18-/m0/s1. The summed E-state index contributed by atoms with van der Waals surface area (Å²) in [6.07, 6.45) is 0.286. The maximum Gasteiger partial charge on any atom is 0.241 e. The van der Waals surface area contributed by atoms with Crippen molar-refractivity contribution in [2.45, 2.75) is 33.2 Å². The summed E-state index contributed by atoms with van der Waals surface area (Å²) < 4.78 is 0. The van der Waals surface area contributed by atoms with E-state index in [1.807, 2.05) is 57.2 Å². The van der Waals surface area contributed by atoms with Crippen molar-refractivity contribution in [3.8, 4) is 11.8 Å². The normalized spacial score (nSPS) is 11.8. The van der Waals surface area contributed by atoms with Crippen molar-refractivity contribution < 1.29 is 9.90 Å². The van der Waals surface area contributed by atoms with Gasteiger partial charge in [0.1, 0.15) is 5.75 Å². The van der Waals surface area contributed by atoms with E-state index in [-0.39, 0.29) is 30.7 Å². The van der Waals surface area contributed by atoms with Crippen molar-refractivity contribution in [2.24, 2.45) is 0 Å². The van der Waals surface area contributed by atoms with Gasteiger partial charge in [0.2, 0.25) is 5.91 Å². The maximum atomic E-state index is 13.0. The number of aromatic hydroxyl groups is 1. The number of rotatable bonds is 8. The minimum Gasteiger partial charge on any atom is -0.508 e. The molecule has 27 heavy (non-hydrogen) atoms. The van der Waals surface area contributed by atoms with Crippen LogP contribution in [0.15, 0.2) is 48.5 Å². The molecule has 0 fully saturated rings. The molecule has 0 radical (unpaired) electrons. The number of phenolic OH excluding ortho intramolecular Hbond substituents is 1. The third kappa shape index (κ3) is 5.57. The van der Waals surface area contributed by atoms with Gasteiger partial charge >= 0.3 is 0 Å². The summed E-state index contributed by atoms with van der Waals surface area (Å²) in [6, 6.07) is 17.0. The Hall–Kier alpha value is -2.84. The number of likely N-dealkylation sites (N-methyl/N-ethyl adjacent to an activating group) is 1. The molecule has 5 nitrogen and oxygen atoms in total. The fourth-order valence-electron chi connectivity index (χ4n) is 3.06. The number of hydrogen-bond acceptors (Lipinski definition) is 4. The molecule has 2 rings (SSSR count). The van der Waals surface area contributed by atoms with E-state index >= 15 is 0 Å². The number of hydrogen-bond donors (Lipinski definition) is 1. The Morgan fingerprint density at radius 3 is 2.52 bits per heavy atom. The van der Waals surface area contributed by atoms with Crippen LogP contribution < -0.4 is 4.90 Å². The Labute approximate surface area is 161 Å². The SMILES string of the molecule is CCN(CC(=O)N(CCC#N)c1ccc(C)cc1)[C@@H](C)c1cccc(O)c1. The van der Waals surface area contributed by atoms with Gasteiger partial charge in [0.05, 0.1) is 19.0 Å². The average molecular weight is 365 g/mol. The molecule has 1 amide bonds. The van der Waals surface area contributed by atoms with Crippen LogP contribution in [0.4, 0.5) is 5.69 Å². The van der Waals surface area contributed by atoms with E-state index < -0.39 is 0 Å². The van der Waals surface area contributed by atoms with E-state index in [9.17, 15) is 9.90 Å². The second-order valence-corrected chi connectivity index (χ2v) is 6.62. The molecule has 0 aliphatic rings. The quantitative estimate of drug-likeness (QED) is 0.767. The van der Waals surface area contributed by atoms with E-state index in [4.69, 9.17) is 5.26 Å². The molecular formula is C22H27N3O2. The van der Waals surface area contributed by atoms with Gasteiger partial charge in [0, 0.05) is 18.3 Å². The van der Waals surface area contributed by atoms with E-state index in [0.29, 0.717) is 13.1 Å². The average Bonchev–Trinajstić information content (AvgIpc) is 2.67. The zero-order valence-corrected chi connectivity index (χ0v) is 16.2. The molecule has 2 aromatic rings. The summed E-state index contributed by atoms with van der Waals surface area (Å²) in [5, 5.41) is 18.7. The highest BCUT2D eigenvalue weighted by atomic mass is 16.3. The summed E-state index contributed by atoms with van der Waals surface area (Å²) in [7, 11) is 0. The monoisotopic (exact) mass is 365 g/mol. The smallest absolute Gasteiger partial charge is 0.241 e. The lowest BCUT2D eigenvalue weighted by atomic mass is 10.1. The van der Waals surface area contributed by atoms with E-state index in [0.717, 1.165) is 16.8 Å². The van der Waals surface area contributed by atoms with Gasteiger partial charge in [-0.2, -0.15) is 5.26 Å². The summed E-state index contributed by atoms with van der Waals surface area (Å²) >= 11 is 0. The molecule has 142 valence electrons. The van der Waals surface area contributed by atoms with Crippen LogP contribution in [0, 0.1) is 18.3 Å². The van der Waals surface area contributed by atoms with Gasteiger partial charge in [-0.25, -0.2) is 0 Å². The first kappa shape index (κ1) is 20.5. The Balaban J connectivity index is 2.18. The van der Waals surface area contributed by atoms with Crippen molar-refractivity contribution in [2.75, 3.05) is 24.5 Å². The predicted molar refractivity (Wildman–Crippen MR) is 108 cm³/mol. The molecule has 0 bridgehead atoms. The van der Waals surface area contributed by atoms with E-state index in [1.165, 1.54) is 0 Å². The highest BCUT2D eigenvalue weighted by Gasteiger charge is 2.22. The Morgan fingerprint density at radius 2 is 1.93 bits per heavy atom. The highest BCUT2D eigenvalue weighted by Crippen LogP contribution is 2.24. The summed E-state index contributed by atoms with van der Waals surface area (Å²) in [4.78, 5) is 16.8. The van der Waals surface area contributed by atoms with Crippen LogP contribution in [-0.2, 0) is 4.79 Å². The molecule has 0 saturated carbocycles. The molecule has 0 unspecified atom stereocenters. The maximum absolute atomic E-state index is 13.0. The Morgan fingerprint density at radius 1 is 1.22 bits per heavy atom. The number of carbonyl (C=O) groups excluding carboxylic acids is 1. The largest absolute Gasteiger partial charge is 0.508 e. The number of anilines is 1. The minimum absolute atomic E-state index is 0.0121. The topological polar surface area (TPSA) is 67.6 Å². The number of amides is 1. The van der Waals surface area contributed by atoms with Crippen LogP contribution in [-0.4, -0.2) is 35.5 Å². The fourth-order valence-corrected chi connectivity index (χ4v) is 3.06. The molecule has 0 saturated heterocycles. The van der Waals surface area contributed by atoms with Gasteiger partial charge < -0.3 is 10.0 Å². The zero-order chi connectivity index (χ0) is 19.8. The molecular weight excluding hydrogens is 338 g/mol. The van der Waals surface area contributed by atoms with Crippen molar-refractivity contribution >= 4 is 11.6 Å². The lowest BCUT2D eigenvalue weighted by Gasteiger charge is -2.30. The zero-order valence-electron chi connectivity index (χ0n) is 16.2. The highest BCUT2D eigenvalue weighted by molar-refractivity contribution is 5.94. The molecule has 0 aromatic heterocycles. The summed E-state index contributed by atoms with van der Waals surface area (Å²) in [5.74, 6) is 0.181. The number of benzene rings is 2. The molecule has 0 aliphatic heterocycles. The van der Waals surface area contributed by atoms with Crippen molar-refractivity contribution in [1.29, 1.82) is 5.26 Å². The van der Waals surface area contributed by atoms with Gasteiger partial charge in [0.15, 0.2) is 0 Å². The Kier molecular flexibility index (Phi) is 7.39. The third-order valence-corrected chi connectivity index (χ3v) is 4.74. The molecule has 2 aromatic carbocycles. The predicted octanol–water partition coefficient (Wildman–Crippen LogP) is 4.03. The third-order valence-electron chi connectivity index (χ3n) is 4.74. The molecule has 1 atom stereocenters. The Bertz CT molecular complexity index is 796. The van der Waals surface area contributed by atoms with Gasteiger partial charge in [0.25, 0.3) is 0 Å². The van der Waals surface area contributed by atoms with Crippen LogP contribution in [0.25, 0.3) is 0 Å². The number of phenols is 1.